The molecule has 0 aliphatic rings. The number of nitrogens with one attached hydrogen (secondary N) is 1. The van der Waals surface area contributed by atoms with Crippen LogP contribution in [0.4, 0.5) is 24.7 Å². The van der Waals surface area contributed by atoms with E-state index in [1.165, 1.54) is 24.3 Å². The fourth-order valence-electron chi connectivity index (χ4n) is 3.20. The molecule has 0 saturated carbocycles. The van der Waals surface area contributed by atoms with Crippen LogP contribution in [0.1, 0.15) is 17.4 Å². The number of amides is 1. The van der Waals surface area contributed by atoms with Crippen LogP contribution >= 0.6 is 0 Å². The fraction of sp³-hybridized carbons (Fsp3) is 0.333. The summed E-state index contributed by atoms with van der Waals surface area (Å²) in [6.45, 7) is 3.55. The van der Waals surface area contributed by atoms with Crippen molar-refractivity contribution >= 4 is 28.3 Å². The smallest absolute Gasteiger partial charge is 0.406 e. The van der Waals surface area contributed by atoms with Gasteiger partial charge in [-0.25, -0.2) is 4.98 Å². The topological polar surface area (TPSA) is 68.6 Å². The first-order chi connectivity index (χ1) is 14.7. The van der Waals surface area contributed by atoms with Crippen LogP contribution in [0.25, 0.3) is 10.9 Å². The minimum Gasteiger partial charge on any atom is -0.406 e. The zero-order chi connectivity index (χ0) is 22.6. The van der Waals surface area contributed by atoms with E-state index in [1.807, 2.05) is 18.9 Å². The van der Waals surface area contributed by atoms with Crippen molar-refractivity contribution in [2.75, 3.05) is 37.5 Å². The third-order valence-corrected chi connectivity index (χ3v) is 4.68. The number of carbonyl (C=O) groups excluding carboxylic acids is 1. The largest absolute Gasteiger partial charge is 0.573 e. The summed E-state index contributed by atoms with van der Waals surface area (Å²) in [6, 6.07) is 9.05. The third-order valence-electron chi connectivity index (χ3n) is 4.68. The minimum absolute atomic E-state index is 0.322. The Morgan fingerprint density at radius 3 is 2.61 bits per heavy atom. The summed E-state index contributed by atoms with van der Waals surface area (Å²) in [4.78, 5) is 19.1. The molecule has 0 saturated heterocycles. The van der Waals surface area contributed by atoms with E-state index in [1.54, 1.807) is 30.0 Å². The molecule has 0 aliphatic heterocycles. The lowest BCUT2D eigenvalue weighted by molar-refractivity contribution is -0.274. The van der Waals surface area contributed by atoms with Gasteiger partial charge in [0, 0.05) is 38.1 Å². The normalized spacial score (nSPS) is 11.5. The summed E-state index contributed by atoms with van der Waals surface area (Å²) < 4.78 is 48.2. The second-order valence-corrected chi connectivity index (χ2v) is 6.82. The summed E-state index contributed by atoms with van der Waals surface area (Å²) in [5.74, 6) is 0.00568. The molecule has 2 heterocycles. The molecule has 1 N–H and O–H groups in total. The number of benzene rings is 1. The van der Waals surface area contributed by atoms with E-state index >= 15 is 0 Å². The molecule has 166 valence electrons. The second kappa shape index (κ2) is 9.25. The van der Waals surface area contributed by atoms with Gasteiger partial charge in [-0.15, -0.1) is 13.2 Å². The predicted molar refractivity (Wildman–Crippen MR) is 112 cm³/mol. The lowest BCUT2D eigenvalue weighted by atomic mass is 10.2. The minimum atomic E-state index is -4.78. The number of hydrogen-bond donors (Lipinski definition) is 1. The fourth-order valence-corrected chi connectivity index (χ4v) is 3.20. The number of pyridine rings is 1. The van der Waals surface area contributed by atoms with Crippen LogP contribution in [0, 0.1) is 0 Å². The third kappa shape index (κ3) is 5.46. The highest BCUT2D eigenvalue weighted by Gasteiger charge is 2.31. The zero-order valence-corrected chi connectivity index (χ0v) is 17.4. The standard InChI is InChI=1S/C21H23F3N4O3/c1-4-28-17-7-6-16(31-21(22,23)24)11-14(17)12-18(28)20(29)26-15-5-8-19(25-13-15)27(2)9-10-30-3/h5-8,11-13H,4,9-10H2,1-3H3,(H,26,29). The van der Waals surface area contributed by atoms with E-state index in [9.17, 15) is 18.0 Å². The van der Waals surface area contributed by atoms with Gasteiger partial charge < -0.3 is 24.3 Å². The number of aryl methyl sites for hydroxylation is 1. The van der Waals surface area contributed by atoms with Crippen LogP contribution in [-0.4, -0.2) is 49.1 Å². The van der Waals surface area contributed by atoms with Crippen LogP contribution in [0.3, 0.4) is 0 Å². The van der Waals surface area contributed by atoms with Crippen molar-refractivity contribution in [1.82, 2.24) is 9.55 Å². The molecule has 3 rings (SSSR count). The van der Waals surface area contributed by atoms with Crippen molar-refractivity contribution in [3.05, 3.63) is 48.3 Å². The van der Waals surface area contributed by atoms with Crippen molar-refractivity contribution in [3.63, 3.8) is 0 Å². The Hall–Kier alpha value is -3.27. The number of hydrogen-bond acceptors (Lipinski definition) is 5. The number of nitrogens with zero attached hydrogens (tertiary/aromatic N) is 3. The highest BCUT2D eigenvalue weighted by molar-refractivity contribution is 6.06. The van der Waals surface area contributed by atoms with Crippen molar-refractivity contribution in [3.8, 4) is 5.75 Å². The maximum absolute atomic E-state index is 12.8. The van der Waals surface area contributed by atoms with E-state index in [4.69, 9.17) is 4.74 Å². The lowest BCUT2D eigenvalue weighted by Gasteiger charge is -2.17. The van der Waals surface area contributed by atoms with Crippen molar-refractivity contribution in [2.45, 2.75) is 19.8 Å². The van der Waals surface area contributed by atoms with Crippen molar-refractivity contribution < 1.29 is 27.4 Å². The molecule has 0 unspecified atom stereocenters. The Morgan fingerprint density at radius 2 is 2.00 bits per heavy atom. The molecule has 1 aromatic carbocycles. The van der Waals surface area contributed by atoms with Crippen molar-refractivity contribution in [2.24, 2.45) is 0 Å². The van der Waals surface area contributed by atoms with Crippen LogP contribution in [-0.2, 0) is 11.3 Å². The number of anilines is 2. The monoisotopic (exact) mass is 436 g/mol. The van der Waals surface area contributed by atoms with Gasteiger partial charge in [0.05, 0.1) is 18.5 Å². The van der Waals surface area contributed by atoms with Gasteiger partial charge in [0.1, 0.15) is 17.3 Å². The predicted octanol–water partition coefficient (Wildman–Crippen LogP) is 4.29. The average Bonchev–Trinajstić information content (AvgIpc) is 3.09. The molecule has 0 radical (unpaired) electrons. The zero-order valence-electron chi connectivity index (χ0n) is 17.4. The van der Waals surface area contributed by atoms with Gasteiger partial charge in [-0.3, -0.25) is 4.79 Å². The SMILES string of the molecule is CCn1c(C(=O)Nc2ccc(N(C)CCOC)nc2)cc2cc(OC(F)(F)F)ccc21. The van der Waals surface area contributed by atoms with Gasteiger partial charge in [0.2, 0.25) is 0 Å². The van der Waals surface area contributed by atoms with Gasteiger partial charge in [-0.2, -0.15) is 0 Å². The van der Waals surface area contributed by atoms with E-state index in [2.05, 4.69) is 15.0 Å². The van der Waals surface area contributed by atoms with Crippen molar-refractivity contribution in [1.29, 1.82) is 0 Å². The summed E-state index contributed by atoms with van der Waals surface area (Å²) in [7, 11) is 3.51. The van der Waals surface area contributed by atoms with Crippen LogP contribution in [0.5, 0.6) is 5.75 Å². The molecular formula is C21H23F3N4O3. The highest BCUT2D eigenvalue weighted by Crippen LogP contribution is 2.29. The Morgan fingerprint density at radius 1 is 1.23 bits per heavy atom. The summed E-state index contributed by atoms with van der Waals surface area (Å²) in [5, 5.41) is 3.25. The molecule has 0 bridgehead atoms. The Kier molecular flexibility index (Phi) is 6.69. The maximum atomic E-state index is 12.8. The summed E-state index contributed by atoms with van der Waals surface area (Å²) in [5.41, 5.74) is 1.46. The summed E-state index contributed by atoms with van der Waals surface area (Å²) >= 11 is 0. The molecule has 0 fully saturated rings. The second-order valence-electron chi connectivity index (χ2n) is 6.82. The molecular weight excluding hydrogens is 413 g/mol. The number of carbonyl (C=O) groups is 1. The molecule has 0 aliphatic carbocycles. The molecule has 3 aromatic rings. The maximum Gasteiger partial charge on any atom is 0.573 e. The Balaban J connectivity index is 1.80. The summed E-state index contributed by atoms with van der Waals surface area (Å²) in [6.07, 6.45) is -3.23. The lowest BCUT2D eigenvalue weighted by Crippen LogP contribution is -2.23. The van der Waals surface area contributed by atoms with Gasteiger partial charge in [-0.1, -0.05) is 0 Å². The molecule has 0 atom stereocenters. The first kappa shape index (κ1) is 22.4. The first-order valence-corrected chi connectivity index (χ1v) is 9.58. The Labute approximate surface area is 177 Å². The van der Waals surface area contributed by atoms with E-state index in [0.29, 0.717) is 42.0 Å². The molecule has 10 heteroatoms. The van der Waals surface area contributed by atoms with Crippen LogP contribution < -0.4 is 15.0 Å². The van der Waals surface area contributed by atoms with Crippen LogP contribution in [0.2, 0.25) is 0 Å². The number of likely N-dealkylation sites (N-methyl/N-ethyl adjacent to an activating group) is 1. The van der Waals surface area contributed by atoms with E-state index < -0.39 is 12.3 Å². The number of alkyl halides is 3. The number of methoxy groups -OCH3 is 1. The molecule has 0 spiro atoms. The number of halogens is 3. The van der Waals surface area contributed by atoms with E-state index in [0.717, 1.165) is 5.82 Å². The van der Waals surface area contributed by atoms with Crippen LogP contribution in [0.15, 0.2) is 42.6 Å². The molecule has 1 amide bonds. The number of fused-ring (bicyclic) bond motifs is 1. The van der Waals surface area contributed by atoms with Gasteiger partial charge in [0.15, 0.2) is 0 Å². The Bertz CT molecular complexity index is 1050. The van der Waals surface area contributed by atoms with Gasteiger partial charge >= 0.3 is 6.36 Å². The number of ether oxygens (including phenoxy) is 2. The van der Waals surface area contributed by atoms with Gasteiger partial charge in [0.25, 0.3) is 5.91 Å². The molecule has 31 heavy (non-hydrogen) atoms. The number of rotatable bonds is 8. The first-order valence-electron chi connectivity index (χ1n) is 9.58. The quantitative estimate of drug-likeness (QED) is 0.571. The highest BCUT2D eigenvalue weighted by atomic mass is 19.4. The molecule has 7 nitrogen and oxygen atoms in total. The average molecular weight is 436 g/mol. The van der Waals surface area contributed by atoms with E-state index in [-0.39, 0.29) is 5.75 Å². The number of aromatic nitrogens is 2. The molecule has 2 aromatic heterocycles. The van der Waals surface area contributed by atoms with Gasteiger partial charge in [-0.05, 0) is 43.3 Å².